The molecule has 9 nitrogen and oxygen atoms in total. The van der Waals surface area contributed by atoms with Crippen LogP contribution in [0, 0.1) is 13.8 Å². The molecule has 1 aliphatic heterocycles. The SMILES string of the molecule is Cc1ccc(NC(=O)NC(=O)C(C)N2CCN(C(C)c3nc(-c4ccccc4)no3)CC2)c(C)c1. The van der Waals surface area contributed by atoms with Crippen LogP contribution in [0.1, 0.15) is 36.9 Å². The van der Waals surface area contributed by atoms with Crippen LogP contribution < -0.4 is 10.6 Å². The van der Waals surface area contributed by atoms with Crippen molar-refractivity contribution in [1.82, 2.24) is 25.3 Å². The summed E-state index contributed by atoms with van der Waals surface area (Å²) in [6.07, 6.45) is 0. The first-order chi connectivity index (χ1) is 16.8. The lowest BCUT2D eigenvalue weighted by Gasteiger charge is -2.39. The molecule has 0 bridgehead atoms. The van der Waals surface area contributed by atoms with Crippen LogP contribution in [0.3, 0.4) is 0 Å². The van der Waals surface area contributed by atoms with E-state index in [9.17, 15) is 9.59 Å². The van der Waals surface area contributed by atoms with Crippen molar-refractivity contribution in [3.63, 3.8) is 0 Å². The maximum Gasteiger partial charge on any atom is 0.325 e. The first-order valence-electron chi connectivity index (χ1n) is 11.9. The Morgan fingerprint density at radius 2 is 1.66 bits per heavy atom. The minimum atomic E-state index is -0.522. The van der Waals surface area contributed by atoms with Crippen LogP contribution in [-0.2, 0) is 4.79 Å². The van der Waals surface area contributed by atoms with Crippen molar-refractivity contribution < 1.29 is 14.1 Å². The van der Waals surface area contributed by atoms with Gasteiger partial charge in [0.1, 0.15) is 0 Å². The van der Waals surface area contributed by atoms with Crippen LogP contribution in [0.25, 0.3) is 11.4 Å². The first kappa shape index (κ1) is 24.6. The molecule has 0 radical (unpaired) electrons. The second-order valence-electron chi connectivity index (χ2n) is 9.01. The Bertz CT molecular complexity index is 1170. The highest BCUT2D eigenvalue weighted by Crippen LogP contribution is 2.24. The van der Waals surface area contributed by atoms with Gasteiger partial charge >= 0.3 is 6.03 Å². The summed E-state index contributed by atoms with van der Waals surface area (Å²) in [5.74, 6) is 0.833. The van der Waals surface area contributed by atoms with E-state index in [1.165, 1.54) is 0 Å². The van der Waals surface area contributed by atoms with Gasteiger partial charge < -0.3 is 9.84 Å². The predicted molar refractivity (Wildman–Crippen MR) is 134 cm³/mol. The first-order valence-corrected chi connectivity index (χ1v) is 11.9. The predicted octanol–water partition coefficient (Wildman–Crippen LogP) is 3.77. The second kappa shape index (κ2) is 10.8. The summed E-state index contributed by atoms with van der Waals surface area (Å²) in [7, 11) is 0. The molecular weight excluding hydrogens is 444 g/mol. The standard InChI is InChI=1S/C26H32N6O3/c1-17-10-11-22(18(2)16-17)27-26(34)29-24(33)19(3)31-12-14-32(15-13-31)20(4)25-28-23(30-35-25)21-8-6-5-7-9-21/h5-11,16,19-20H,12-15H2,1-4H3,(H2,27,29,33,34). The minimum absolute atomic E-state index is 0.0326. The van der Waals surface area contributed by atoms with Crippen LogP contribution in [0.4, 0.5) is 10.5 Å². The number of nitrogens with one attached hydrogen (secondary N) is 2. The van der Waals surface area contributed by atoms with Crippen molar-refractivity contribution >= 4 is 17.6 Å². The van der Waals surface area contributed by atoms with E-state index in [1.54, 1.807) is 0 Å². The van der Waals surface area contributed by atoms with Crippen molar-refractivity contribution in [1.29, 1.82) is 0 Å². The van der Waals surface area contributed by atoms with E-state index in [-0.39, 0.29) is 11.9 Å². The minimum Gasteiger partial charge on any atom is -0.337 e. The average molecular weight is 477 g/mol. The van der Waals surface area contributed by atoms with Crippen LogP contribution in [-0.4, -0.2) is 64.1 Å². The van der Waals surface area contributed by atoms with Gasteiger partial charge in [0.15, 0.2) is 0 Å². The summed E-state index contributed by atoms with van der Waals surface area (Å²) >= 11 is 0. The average Bonchev–Trinajstić information content (AvgIpc) is 3.36. The molecule has 1 saturated heterocycles. The van der Waals surface area contributed by atoms with E-state index >= 15 is 0 Å². The number of carbonyl (C=O) groups excluding carboxylic acids is 2. The van der Waals surface area contributed by atoms with Gasteiger partial charge in [0.05, 0.1) is 12.1 Å². The van der Waals surface area contributed by atoms with Crippen molar-refractivity contribution in [2.75, 3.05) is 31.5 Å². The van der Waals surface area contributed by atoms with Gasteiger partial charge in [-0.05, 0) is 39.3 Å². The zero-order valence-electron chi connectivity index (χ0n) is 20.6. The number of rotatable bonds is 6. The fraction of sp³-hybridized carbons (Fsp3) is 0.385. The molecule has 9 heteroatoms. The molecule has 2 atom stereocenters. The summed E-state index contributed by atoms with van der Waals surface area (Å²) in [5, 5.41) is 9.35. The molecule has 0 saturated carbocycles. The maximum atomic E-state index is 12.7. The van der Waals surface area contributed by atoms with E-state index in [0.29, 0.717) is 30.5 Å². The molecule has 3 aromatic rings. The van der Waals surface area contributed by atoms with E-state index < -0.39 is 12.1 Å². The van der Waals surface area contributed by atoms with E-state index in [4.69, 9.17) is 4.52 Å². The van der Waals surface area contributed by atoms with Gasteiger partial charge in [-0.2, -0.15) is 4.98 Å². The van der Waals surface area contributed by atoms with Crippen LogP contribution in [0.2, 0.25) is 0 Å². The lowest BCUT2D eigenvalue weighted by molar-refractivity contribution is -0.125. The third kappa shape index (κ3) is 5.93. The van der Waals surface area contributed by atoms with E-state index in [0.717, 1.165) is 29.8 Å². The van der Waals surface area contributed by atoms with Crippen LogP contribution in [0.15, 0.2) is 53.1 Å². The Hall–Kier alpha value is -3.56. The fourth-order valence-electron chi connectivity index (χ4n) is 4.27. The Balaban J connectivity index is 1.27. The van der Waals surface area contributed by atoms with Gasteiger partial charge in [0.25, 0.3) is 0 Å². The highest BCUT2D eigenvalue weighted by atomic mass is 16.5. The van der Waals surface area contributed by atoms with E-state index in [2.05, 4.69) is 30.6 Å². The quantitative estimate of drug-likeness (QED) is 0.558. The van der Waals surface area contributed by atoms with Gasteiger partial charge in [0, 0.05) is 37.4 Å². The number of hydrogen-bond acceptors (Lipinski definition) is 7. The van der Waals surface area contributed by atoms with E-state index in [1.807, 2.05) is 76.2 Å². The number of imide groups is 1. The molecule has 0 spiro atoms. The maximum absolute atomic E-state index is 12.7. The van der Waals surface area contributed by atoms with Crippen molar-refractivity contribution in [2.45, 2.75) is 39.8 Å². The topological polar surface area (TPSA) is 104 Å². The number of amides is 3. The summed E-state index contributed by atoms with van der Waals surface area (Å²) in [5.41, 5.74) is 3.67. The van der Waals surface area contributed by atoms with Gasteiger partial charge in [-0.1, -0.05) is 53.2 Å². The Morgan fingerprint density at radius 3 is 2.34 bits per heavy atom. The van der Waals surface area contributed by atoms with Crippen molar-refractivity contribution in [3.8, 4) is 11.4 Å². The Kier molecular flexibility index (Phi) is 7.57. The number of carbonyl (C=O) groups is 2. The highest BCUT2D eigenvalue weighted by molar-refractivity contribution is 6.03. The zero-order chi connectivity index (χ0) is 24.9. The summed E-state index contributed by atoms with van der Waals surface area (Å²) in [4.78, 5) is 34.0. The number of aromatic nitrogens is 2. The number of anilines is 1. The third-order valence-corrected chi connectivity index (χ3v) is 6.52. The monoisotopic (exact) mass is 476 g/mol. The van der Waals surface area contributed by atoms with Gasteiger partial charge in [0.2, 0.25) is 17.6 Å². The molecule has 1 fully saturated rings. The van der Waals surface area contributed by atoms with Crippen molar-refractivity contribution in [2.24, 2.45) is 0 Å². The summed E-state index contributed by atoms with van der Waals surface area (Å²) in [6.45, 7) is 10.7. The lowest BCUT2D eigenvalue weighted by atomic mass is 10.1. The van der Waals surface area contributed by atoms with Crippen LogP contribution >= 0.6 is 0 Å². The summed E-state index contributed by atoms with van der Waals surface area (Å²) in [6, 6.07) is 14.5. The molecule has 2 heterocycles. The molecule has 1 aromatic heterocycles. The molecule has 0 aliphatic carbocycles. The zero-order valence-corrected chi connectivity index (χ0v) is 20.6. The van der Waals surface area contributed by atoms with Crippen molar-refractivity contribution in [3.05, 3.63) is 65.5 Å². The van der Waals surface area contributed by atoms with Gasteiger partial charge in [-0.25, -0.2) is 4.79 Å². The normalized spacial score (nSPS) is 16.5. The molecule has 1 aliphatic rings. The molecule has 2 aromatic carbocycles. The number of piperazine rings is 1. The molecule has 184 valence electrons. The second-order valence-corrected chi connectivity index (χ2v) is 9.01. The number of urea groups is 1. The van der Waals surface area contributed by atoms with Gasteiger partial charge in [-0.15, -0.1) is 0 Å². The Morgan fingerprint density at radius 1 is 0.971 bits per heavy atom. The lowest BCUT2D eigenvalue weighted by Crippen LogP contribution is -2.55. The number of nitrogens with zero attached hydrogens (tertiary/aromatic N) is 4. The molecule has 35 heavy (non-hydrogen) atoms. The fourth-order valence-corrected chi connectivity index (χ4v) is 4.27. The number of hydrogen-bond donors (Lipinski definition) is 2. The third-order valence-electron chi connectivity index (χ3n) is 6.52. The molecule has 3 amide bonds. The largest absolute Gasteiger partial charge is 0.337 e. The molecular formula is C26H32N6O3. The van der Waals surface area contributed by atoms with Gasteiger partial charge in [-0.3, -0.25) is 19.9 Å². The Labute approximate surface area is 205 Å². The molecule has 2 unspecified atom stereocenters. The smallest absolute Gasteiger partial charge is 0.325 e. The molecule has 4 rings (SSSR count). The summed E-state index contributed by atoms with van der Waals surface area (Å²) < 4.78 is 5.53. The highest BCUT2D eigenvalue weighted by Gasteiger charge is 2.30. The number of aryl methyl sites for hydroxylation is 2. The number of benzene rings is 2. The molecule has 2 N–H and O–H groups in total. The van der Waals surface area contributed by atoms with Crippen LogP contribution in [0.5, 0.6) is 0 Å².